The Morgan fingerprint density at radius 2 is 2.43 bits per heavy atom. The third kappa shape index (κ3) is 3.25. The van der Waals surface area contributed by atoms with Gasteiger partial charge in [-0.05, 0) is 13.1 Å². The first kappa shape index (κ1) is 10.8. The minimum absolute atomic E-state index is 0.172. The Hall–Kier alpha value is -1.24. The van der Waals surface area contributed by atoms with Gasteiger partial charge >= 0.3 is 0 Å². The van der Waals surface area contributed by atoms with Crippen LogP contribution in [0.4, 0.5) is 0 Å². The minimum atomic E-state index is -0.285. The average molecular weight is 211 g/mol. The van der Waals surface area contributed by atoms with Gasteiger partial charge in [-0.15, -0.1) is 0 Å². The van der Waals surface area contributed by atoms with Crippen molar-refractivity contribution in [2.45, 2.75) is 6.42 Å². The smallest absolute Gasteiger partial charge is 0.266 e. The lowest BCUT2D eigenvalue weighted by atomic mass is 10.3. The molecule has 0 aromatic carbocycles. The zero-order valence-electron chi connectivity index (χ0n) is 7.86. The highest BCUT2D eigenvalue weighted by Gasteiger charge is 1.94. The zero-order valence-corrected chi connectivity index (χ0v) is 8.61. The van der Waals surface area contributed by atoms with E-state index in [2.05, 4.69) is 22.1 Å². The van der Waals surface area contributed by atoms with Gasteiger partial charge in [0.15, 0.2) is 0 Å². The van der Waals surface area contributed by atoms with Crippen molar-refractivity contribution in [3.05, 3.63) is 33.2 Å². The number of pyridine rings is 1. The molecule has 0 atom stereocenters. The second kappa shape index (κ2) is 5.48. The van der Waals surface area contributed by atoms with Crippen LogP contribution in [0, 0.1) is 11.8 Å². The molecule has 0 aliphatic carbocycles. The van der Waals surface area contributed by atoms with Crippen LogP contribution in [-0.4, -0.2) is 18.6 Å². The standard InChI is InChI=1S/C10H11ClN2O/c1-12-5-3-2-4-8-6-9(11)10(14)13-7-8/h6-7,12H,3,5H2,1H3,(H,13,14). The van der Waals surface area contributed by atoms with Crippen LogP contribution in [-0.2, 0) is 0 Å². The number of hydrogen-bond acceptors (Lipinski definition) is 2. The predicted octanol–water partition coefficient (Wildman–Crippen LogP) is 0.989. The van der Waals surface area contributed by atoms with Crippen molar-refractivity contribution in [2.24, 2.45) is 0 Å². The van der Waals surface area contributed by atoms with E-state index in [0.717, 1.165) is 18.5 Å². The first-order valence-corrected chi connectivity index (χ1v) is 4.63. The Kier molecular flexibility index (Phi) is 4.24. The van der Waals surface area contributed by atoms with Crippen LogP contribution in [0.1, 0.15) is 12.0 Å². The first-order chi connectivity index (χ1) is 6.74. The van der Waals surface area contributed by atoms with Gasteiger partial charge in [-0.25, -0.2) is 0 Å². The van der Waals surface area contributed by atoms with E-state index in [4.69, 9.17) is 11.6 Å². The molecular weight excluding hydrogens is 200 g/mol. The van der Waals surface area contributed by atoms with Crippen molar-refractivity contribution in [2.75, 3.05) is 13.6 Å². The molecule has 0 aliphatic rings. The molecule has 1 rings (SSSR count). The largest absolute Gasteiger partial charge is 0.327 e. The highest BCUT2D eigenvalue weighted by atomic mass is 35.5. The van der Waals surface area contributed by atoms with Crippen molar-refractivity contribution >= 4 is 11.6 Å². The van der Waals surface area contributed by atoms with Crippen LogP contribution in [0.5, 0.6) is 0 Å². The average Bonchev–Trinajstić information content (AvgIpc) is 2.18. The normalized spacial score (nSPS) is 9.29. The summed E-state index contributed by atoms with van der Waals surface area (Å²) in [5.74, 6) is 5.86. The number of hydrogen-bond donors (Lipinski definition) is 2. The molecule has 1 aromatic heterocycles. The fourth-order valence-corrected chi connectivity index (χ4v) is 1.05. The Balaban J connectivity index is 2.71. The molecule has 4 heteroatoms. The minimum Gasteiger partial charge on any atom is -0.327 e. The first-order valence-electron chi connectivity index (χ1n) is 4.25. The fourth-order valence-electron chi connectivity index (χ4n) is 0.880. The van der Waals surface area contributed by atoms with Crippen molar-refractivity contribution in [3.8, 4) is 11.8 Å². The molecule has 0 bridgehead atoms. The Morgan fingerprint density at radius 1 is 1.64 bits per heavy atom. The van der Waals surface area contributed by atoms with Crippen LogP contribution >= 0.6 is 11.6 Å². The van der Waals surface area contributed by atoms with E-state index in [1.54, 1.807) is 12.3 Å². The monoisotopic (exact) mass is 210 g/mol. The van der Waals surface area contributed by atoms with Gasteiger partial charge in [-0.1, -0.05) is 23.4 Å². The highest BCUT2D eigenvalue weighted by Crippen LogP contribution is 2.01. The van der Waals surface area contributed by atoms with E-state index in [1.807, 2.05) is 7.05 Å². The Morgan fingerprint density at radius 3 is 3.07 bits per heavy atom. The summed E-state index contributed by atoms with van der Waals surface area (Å²) in [4.78, 5) is 13.4. The molecule has 0 fully saturated rings. The van der Waals surface area contributed by atoms with Crippen LogP contribution in [0.2, 0.25) is 5.02 Å². The van der Waals surface area contributed by atoms with Gasteiger partial charge in [0.05, 0.1) is 0 Å². The SMILES string of the molecule is CNCCC#Cc1c[nH]c(=O)c(Cl)c1. The summed E-state index contributed by atoms with van der Waals surface area (Å²) in [6.07, 6.45) is 2.33. The maximum Gasteiger partial charge on any atom is 0.266 e. The molecule has 0 amide bonds. The van der Waals surface area contributed by atoms with Gasteiger partial charge in [-0.2, -0.15) is 0 Å². The lowest BCUT2D eigenvalue weighted by Gasteiger charge is -1.91. The highest BCUT2D eigenvalue weighted by molar-refractivity contribution is 6.30. The molecule has 74 valence electrons. The summed E-state index contributed by atoms with van der Waals surface area (Å²) < 4.78 is 0. The van der Waals surface area contributed by atoms with Gasteiger partial charge in [0, 0.05) is 24.7 Å². The predicted molar refractivity (Wildman–Crippen MR) is 57.5 cm³/mol. The van der Waals surface area contributed by atoms with Crippen molar-refractivity contribution in [1.29, 1.82) is 0 Å². The summed E-state index contributed by atoms with van der Waals surface area (Å²) in [5.41, 5.74) is 0.443. The summed E-state index contributed by atoms with van der Waals surface area (Å²) in [6.45, 7) is 0.851. The third-order valence-electron chi connectivity index (χ3n) is 1.59. The molecule has 0 saturated carbocycles. The number of nitrogens with one attached hydrogen (secondary N) is 2. The molecule has 1 aromatic rings. The van der Waals surface area contributed by atoms with E-state index < -0.39 is 0 Å². The Labute approximate surface area is 87.5 Å². The lowest BCUT2D eigenvalue weighted by molar-refractivity contribution is 0.818. The number of rotatable bonds is 2. The van der Waals surface area contributed by atoms with E-state index in [1.165, 1.54) is 0 Å². The van der Waals surface area contributed by atoms with Crippen LogP contribution in [0.3, 0.4) is 0 Å². The molecular formula is C10H11ClN2O. The summed E-state index contributed by atoms with van der Waals surface area (Å²) in [7, 11) is 1.87. The summed E-state index contributed by atoms with van der Waals surface area (Å²) in [6, 6.07) is 1.56. The van der Waals surface area contributed by atoms with E-state index in [9.17, 15) is 4.79 Å². The summed E-state index contributed by atoms with van der Waals surface area (Å²) in [5, 5.41) is 3.16. The Bertz CT molecular complexity index is 414. The van der Waals surface area contributed by atoms with E-state index in [0.29, 0.717) is 0 Å². The molecule has 0 saturated heterocycles. The number of aromatic nitrogens is 1. The number of aromatic amines is 1. The van der Waals surface area contributed by atoms with Crippen molar-refractivity contribution in [3.63, 3.8) is 0 Å². The maximum absolute atomic E-state index is 10.9. The second-order valence-electron chi connectivity index (χ2n) is 2.72. The van der Waals surface area contributed by atoms with E-state index >= 15 is 0 Å². The van der Waals surface area contributed by atoms with Gasteiger partial charge in [0.25, 0.3) is 5.56 Å². The molecule has 14 heavy (non-hydrogen) atoms. The lowest BCUT2D eigenvalue weighted by Crippen LogP contribution is -2.06. The molecule has 0 unspecified atom stereocenters. The molecule has 0 spiro atoms. The molecule has 0 aliphatic heterocycles. The fraction of sp³-hybridized carbons (Fsp3) is 0.300. The van der Waals surface area contributed by atoms with Crippen LogP contribution in [0.15, 0.2) is 17.1 Å². The van der Waals surface area contributed by atoms with Crippen LogP contribution < -0.4 is 10.9 Å². The number of halogens is 1. The third-order valence-corrected chi connectivity index (χ3v) is 1.87. The maximum atomic E-state index is 10.9. The van der Waals surface area contributed by atoms with Gasteiger partial charge in [-0.3, -0.25) is 4.79 Å². The molecule has 0 radical (unpaired) electrons. The second-order valence-corrected chi connectivity index (χ2v) is 3.13. The van der Waals surface area contributed by atoms with E-state index in [-0.39, 0.29) is 10.6 Å². The quantitative estimate of drug-likeness (QED) is 0.565. The zero-order chi connectivity index (χ0) is 10.4. The van der Waals surface area contributed by atoms with Gasteiger partial charge in [0.2, 0.25) is 0 Å². The molecule has 1 heterocycles. The molecule has 3 nitrogen and oxygen atoms in total. The van der Waals surface area contributed by atoms with Crippen LogP contribution in [0.25, 0.3) is 0 Å². The summed E-state index contributed by atoms with van der Waals surface area (Å²) >= 11 is 5.63. The van der Waals surface area contributed by atoms with Gasteiger partial charge in [0.1, 0.15) is 5.02 Å². The number of H-pyrrole nitrogens is 1. The molecule has 2 N–H and O–H groups in total. The topological polar surface area (TPSA) is 44.9 Å². The van der Waals surface area contributed by atoms with Crippen molar-refractivity contribution < 1.29 is 0 Å². The van der Waals surface area contributed by atoms with Crippen molar-refractivity contribution in [1.82, 2.24) is 10.3 Å². The van der Waals surface area contributed by atoms with Gasteiger partial charge < -0.3 is 10.3 Å².